The van der Waals surface area contributed by atoms with Gasteiger partial charge in [-0.1, -0.05) is 41.9 Å². The summed E-state index contributed by atoms with van der Waals surface area (Å²) in [5, 5.41) is 4.77. The fourth-order valence-corrected chi connectivity index (χ4v) is 3.23. The normalized spacial score (nSPS) is 10.7. The predicted octanol–water partition coefficient (Wildman–Crippen LogP) is 4.51. The number of hydrogen-bond acceptors (Lipinski definition) is 3. The van der Waals surface area contributed by atoms with Crippen LogP contribution in [0.5, 0.6) is 5.75 Å². The fraction of sp³-hybridized carbons (Fsp3) is 0.238. The molecule has 0 fully saturated rings. The van der Waals surface area contributed by atoms with Crippen LogP contribution in [-0.2, 0) is 6.54 Å². The molecule has 0 aliphatic heterocycles. The van der Waals surface area contributed by atoms with Gasteiger partial charge in [-0.05, 0) is 43.7 Å². The molecule has 0 unspecified atom stereocenters. The second-order valence-electron chi connectivity index (χ2n) is 6.24. The molecule has 0 aliphatic rings. The van der Waals surface area contributed by atoms with Crippen LogP contribution in [-0.4, -0.2) is 34.2 Å². The molecular weight excluding hydrogens is 362 g/mol. The molecule has 1 heterocycles. The van der Waals surface area contributed by atoms with Crippen molar-refractivity contribution in [3.8, 4) is 11.4 Å². The molecular formula is C21H22ClN3O2. The highest BCUT2D eigenvalue weighted by atomic mass is 35.5. The molecule has 2 aromatic carbocycles. The summed E-state index contributed by atoms with van der Waals surface area (Å²) in [6.07, 6.45) is 0. The Morgan fingerprint density at radius 2 is 1.81 bits per heavy atom. The van der Waals surface area contributed by atoms with Gasteiger partial charge in [-0.3, -0.25) is 4.79 Å². The Labute approximate surface area is 164 Å². The van der Waals surface area contributed by atoms with Gasteiger partial charge in [0.15, 0.2) is 0 Å². The number of amides is 1. The minimum absolute atomic E-state index is 0.159. The third-order valence-electron chi connectivity index (χ3n) is 4.22. The smallest absolute Gasteiger partial charge is 0.258 e. The van der Waals surface area contributed by atoms with E-state index in [-0.39, 0.29) is 5.91 Å². The van der Waals surface area contributed by atoms with Gasteiger partial charge in [-0.25, -0.2) is 4.68 Å². The lowest BCUT2D eigenvalue weighted by Crippen LogP contribution is -2.26. The summed E-state index contributed by atoms with van der Waals surface area (Å²) in [7, 11) is 1.76. The second-order valence-corrected chi connectivity index (χ2v) is 6.59. The van der Waals surface area contributed by atoms with Gasteiger partial charge in [0, 0.05) is 13.6 Å². The predicted molar refractivity (Wildman–Crippen MR) is 107 cm³/mol. The van der Waals surface area contributed by atoms with Crippen molar-refractivity contribution in [2.45, 2.75) is 20.4 Å². The summed E-state index contributed by atoms with van der Waals surface area (Å²) >= 11 is 6.50. The zero-order chi connectivity index (χ0) is 19.4. The van der Waals surface area contributed by atoms with Crippen molar-refractivity contribution >= 4 is 17.5 Å². The van der Waals surface area contributed by atoms with Crippen LogP contribution in [0.4, 0.5) is 0 Å². The van der Waals surface area contributed by atoms with Crippen molar-refractivity contribution in [2.75, 3.05) is 13.7 Å². The number of halogens is 1. The molecule has 1 aromatic heterocycles. The van der Waals surface area contributed by atoms with Gasteiger partial charge in [0.1, 0.15) is 10.9 Å². The third kappa shape index (κ3) is 4.14. The van der Waals surface area contributed by atoms with E-state index >= 15 is 0 Å². The van der Waals surface area contributed by atoms with E-state index in [9.17, 15) is 4.79 Å². The van der Waals surface area contributed by atoms with Crippen LogP contribution in [0.2, 0.25) is 5.15 Å². The Bertz CT molecular complexity index is 921. The van der Waals surface area contributed by atoms with Gasteiger partial charge in [0.25, 0.3) is 5.91 Å². The summed E-state index contributed by atoms with van der Waals surface area (Å²) in [6.45, 7) is 4.84. The van der Waals surface area contributed by atoms with Crippen molar-refractivity contribution in [2.24, 2.45) is 0 Å². The van der Waals surface area contributed by atoms with Crippen LogP contribution < -0.4 is 4.74 Å². The number of nitrogens with zero attached hydrogens (tertiary/aromatic N) is 3. The second kappa shape index (κ2) is 8.27. The van der Waals surface area contributed by atoms with Crippen LogP contribution in [0.15, 0.2) is 54.6 Å². The molecule has 0 bridgehead atoms. The monoisotopic (exact) mass is 383 g/mol. The van der Waals surface area contributed by atoms with Crippen molar-refractivity contribution in [3.63, 3.8) is 0 Å². The maximum Gasteiger partial charge on any atom is 0.258 e. The van der Waals surface area contributed by atoms with Gasteiger partial charge >= 0.3 is 0 Å². The molecule has 1 amide bonds. The van der Waals surface area contributed by atoms with Crippen LogP contribution in [0.25, 0.3) is 5.69 Å². The molecule has 0 saturated carbocycles. The molecule has 6 heteroatoms. The van der Waals surface area contributed by atoms with E-state index in [0.29, 0.717) is 29.6 Å². The maximum absolute atomic E-state index is 13.0. The molecule has 0 atom stereocenters. The minimum atomic E-state index is -0.159. The summed E-state index contributed by atoms with van der Waals surface area (Å²) in [6, 6.07) is 17.3. The average Bonchev–Trinajstić information content (AvgIpc) is 2.98. The minimum Gasteiger partial charge on any atom is -0.494 e. The van der Waals surface area contributed by atoms with Crippen LogP contribution in [0, 0.1) is 6.92 Å². The van der Waals surface area contributed by atoms with Crippen molar-refractivity contribution in [1.82, 2.24) is 14.7 Å². The van der Waals surface area contributed by atoms with E-state index in [1.807, 2.05) is 61.5 Å². The fourth-order valence-electron chi connectivity index (χ4n) is 2.88. The van der Waals surface area contributed by atoms with Gasteiger partial charge in [0.2, 0.25) is 0 Å². The van der Waals surface area contributed by atoms with Crippen LogP contribution in [0.3, 0.4) is 0 Å². The summed E-state index contributed by atoms with van der Waals surface area (Å²) in [4.78, 5) is 14.6. The van der Waals surface area contributed by atoms with E-state index in [0.717, 1.165) is 17.0 Å². The highest BCUT2D eigenvalue weighted by molar-refractivity contribution is 6.33. The first-order chi connectivity index (χ1) is 13.0. The number of hydrogen-bond donors (Lipinski definition) is 0. The Kier molecular flexibility index (Phi) is 5.81. The number of carbonyl (C=O) groups is 1. The third-order valence-corrected chi connectivity index (χ3v) is 4.57. The molecule has 5 nitrogen and oxygen atoms in total. The molecule has 0 saturated heterocycles. The standard InChI is InChI=1S/C21H22ClN3O2/c1-4-27-18-12-10-16(11-13-18)14-24(3)21(26)19-15(2)23-25(20(19)22)17-8-6-5-7-9-17/h5-13H,4,14H2,1-3H3. The lowest BCUT2D eigenvalue weighted by molar-refractivity contribution is 0.0784. The summed E-state index contributed by atoms with van der Waals surface area (Å²) in [5.41, 5.74) is 2.86. The molecule has 27 heavy (non-hydrogen) atoms. The van der Waals surface area contributed by atoms with Gasteiger partial charge in [-0.15, -0.1) is 0 Å². The van der Waals surface area contributed by atoms with Gasteiger partial charge < -0.3 is 9.64 Å². The average molecular weight is 384 g/mol. The highest BCUT2D eigenvalue weighted by Gasteiger charge is 2.23. The van der Waals surface area contributed by atoms with E-state index in [1.165, 1.54) is 0 Å². The quantitative estimate of drug-likeness (QED) is 0.629. The summed E-state index contributed by atoms with van der Waals surface area (Å²) in [5.74, 6) is 0.659. The maximum atomic E-state index is 13.0. The zero-order valence-corrected chi connectivity index (χ0v) is 16.4. The first-order valence-corrected chi connectivity index (χ1v) is 9.16. The topological polar surface area (TPSA) is 47.4 Å². The molecule has 3 aromatic rings. The van der Waals surface area contributed by atoms with Crippen LogP contribution >= 0.6 is 11.6 Å². The van der Waals surface area contributed by atoms with Crippen molar-refractivity contribution < 1.29 is 9.53 Å². The lowest BCUT2D eigenvalue weighted by atomic mass is 10.2. The Balaban J connectivity index is 1.80. The number of aryl methyl sites for hydroxylation is 1. The van der Waals surface area contributed by atoms with Crippen LogP contribution in [0.1, 0.15) is 28.5 Å². The molecule has 0 spiro atoms. The van der Waals surface area contributed by atoms with E-state index < -0.39 is 0 Å². The van der Waals surface area contributed by atoms with E-state index in [4.69, 9.17) is 16.3 Å². The van der Waals surface area contributed by atoms with Crippen molar-refractivity contribution in [1.29, 1.82) is 0 Å². The molecule has 0 aliphatic carbocycles. The molecule has 140 valence electrons. The number of benzene rings is 2. The molecule has 0 radical (unpaired) electrons. The van der Waals surface area contributed by atoms with Crippen molar-refractivity contribution in [3.05, 3.63) is 76.6 Å². The van der Waals surface area contributed by atoms with Gasteiger partial charge in [0.05, 0.1) is 23.6 Å². The Morgan fingerprint density at radius 3 is 2.44 bits per heavy atom. The first-order valence-electron chi connectivity index (χ1n) is 8.79. The lowest BCUT2D eigenvalue weighted by Gasteiger charge is -2.17. The SMILES string of the molecule is CCOc1ccc(CN(C)C(=O)c2c(C)nn(-c3ccccc3)c2Cl)cc1. The van der Waals surface area contributed by atoms with Gasteiger partial charge in [-0.2, -0.15) is 5.10 Å². The molecule has 3 rings (SSSR count). The number of ether oxygens (including phenoxy) is 1. The number of carbonyl (C=O) groups excluding carboxylic acids is 1. The highest BCUT2D eigenvalue weighted by Crippen LogP contribution is 2.25. The summed E-state index contributed by atoms with van der Waals surface area (Å²) < 4.78 is 7.04. The van der Waals surface area contributed by atoms with E-state index in [2.05, 4.69) is 5.10 Å². The zero-order valence-electron chi connectivity index (χ0n) is 15.6. The first kappa shape index (κ1) is 19.0. The number of para-hydroxylation sites is 1. The number of rotatable bonds is 6. The Hall–Kier alpha value is -2.79. The largest absolute Gasteiger partial charge is 0.494 e. The number of aromatic nitrogens is 2. The van der Waals surface area contributed by atoms with E-state index in [1.54, 1.807) is 23.6 Å². The molecule has 0 N–H and O–H groups in total. The Morgan fingerprint density at radius 1 is 1.15 bits per heavy atom.